The van der Waals surface area contributed by atoms with E-state index in [1.807, 2.05) is 14.0 Å². The predicted octanol–water partition coefficient (Wildman–Crippen LogP) is 3.72. The first-order valence-electron chi connectivity index (χ1n) is 11.5. The van der Waals surface area contributed by atoms with Crippen LogP contribution in [-0.4, -0.2) is 55.7 Å². The maximum absolute atomic E-state index is 11.3. The zero-order chi connectivity index (χ0) is 21.6. The number of hydrogen-bond donors (Lipinski definition) is 2. The number of carbonyl (C=O) groups is 1. The molecule has 0 amide bonds. The lowest BCUT2D eigenvalue weighted by Gasteiger charge is -2.38. The highest BCUT2D eigenvalue weighted by Gasteiger charge is 2.25. The number of likely N-dealkylation sites (tertiary alicyclic amines) is 1. The minimum atomic E-state index is -0.0794. The van der Waals surface area contributed by atoms with Gasteiger partial charge in [-0.15, -0.1) is 0 Å². The van der Waals surface area contributed by atoms with Crippen LogP contribution in [0.5, 0.6) is 0 Å². The Bertz CT molecular complexity index is 635. The van der Waals surface area contributed by atoms with Gasteiger partial charge >= 0.3 is 5.97 Å². The average molecular weight is 417 g/mol. The van der Waals surface area contributed by atoms with Gasteiger partial charge in [0.2, 0.25) is 0 Å². The number of guanidine groups is 1. The third-order valence-electron chi connectivity index (χ3n) is 5.71. The number of rotatable bonds is 11. The molecule has 0 spiro atoms. The molecule has 6 heteroatoms. The van der Waals surface area contributed by atoms with Crippen LogP contribution in [-0.2, 0) is 16.1 Å². The van der Waals surface area contributed by atoms with Crippen LogP contribution < -0.4 is 10.6 Å². The topological polar surface area (TPSA) is 66.0 Å². The molecule has 2 rings (SSSR count). The molecule has 1 heterocycles. The Kier molecular flexibility index (Phi) is 11.3. The largest absolute Gasteiger partial charge is 0.466 e. The molecule has 2 atom stereocenters. The number of aliphatic imine (C=N–C) groups is 1. The fourth-order valence-electron chi connectivity index (χ4n) is 3.98. The SMILES string of the molecule is CCOC(=O)CCCCCCNC(=NC)NC1CCN(Cc2ccccc2)C(C)C1. The molecule has 1 saturated heterocycles. The summed E-state index contributed by atoms with van der Waals surface area (Å²) >= 11 is 0. The van der Waals surface area contributed by atoms with Crippen molar-refractivity contribution in [3.05, 3.63) is 35.9 Å². The van der Waals surface area contributed by atoms with Gasteiger partial charge in [-0.3, -0.25) is 14.7 Å². The Balaban J connectivity index is 1.59. The lowest BCUT2D eigenvalue weighted by Crippen LogP contribution is -2.51. The summed E-state index contributed by atoms with van der Waals surface area (Å²) in [5.74, 6) is 0.819. The van der Waals surface area contributed by atoms with E-state index < -0.39 is 0 Å². The van der Waals surface area contributed by atoms with Crippen molar-refractivity contribution >= 4 is 11.9 Å². The highest BCUT2D eigenvalue weighted by atomic mass is 16.5. The summed E-state index contributed by atoms with van der Waals surface area (Å²) in [6.45, 7) is 7.67. The molecular formula is C24H40N4O2. The van der Waals surface area contributed by atoms with Crippen LogP contribution >= 0.6 is 0 Å². The van der Waals surface area contributed by atoms with E-state index >= 15 is 0 Å². The normalized spacial score (nSPS) is 20.0. The molecule has 0 aromatic heterocycles. The maximum Gasteiger partial charge on any atom is 0.305 e. The van der Waals surface area contributed by atoms with Crippen molar-refractivity contribution in [1.29, 1.82) is 0 Å². The van der Waals surface area contributed by atoms with Crippen molar-refractivity contribution in [2.75, 3.05) is 26.7 Å². The number of carbonyl (C=O) groups excluding carboxylic acids is 1. The summed E-state index contributed by atoms with van der Waals surface area (Å²) in [7, 11) is 1.84. The number of piperidine rings is 1. The smallest absolute Gasteiger partial charge is 0.305 e. The highest BCUT2D eigenvalue weighted by molar-refractivity contribution is 5.79. The standard InChI is InChI=1S/C24H40N4O2/c1-4-30-23(29)14-10-5-6-11-16-26-24(25-3)27-22-15-17-28(20(2)18-22)19-21-12-8-7-9-13-21/h7-9,12-13,20,22H,4-6,10-11,14-19H2,1-3H3,(H2,25,26,27). The minimum Gasteiger partial charge on any atom is -0.466 e. The van der Waals surface area contributed by atoms with Gasteiger partial charge in [0.05, 0.1) is 6.61 Å². The van der Waals surface area contributed by atoms with Crippen LogP contribution in [0.1, 0.15) is 64.4 Å². The number of benzene rings is 1. The van der Waals surface area contributed by atoms with Crippen LogP contribution in [0.3, 0.4) is 0 Å². The summed E-state index contributed by atoms with van der Waals surface area (Å²) in [6.07, 6.45) is 6.95. The Labute approximate surface area is 182 Å². The van der Waals surface area contributed by atoms with Crippen molar-refractivity contribution in [1.82, 2.24) is 15.5 Å². The molecule has 1 aromatic rings. The van der Waals surface area contributed by atoms with Crippen LogP contribution in [0, 0.1) is 0 Å². The first-order valence-corrected chi connectivity index (χ1v) is 11.5. The lowest BCUT2D eigenvalue weighted by atomic mass is 9.97. The molecule has 1 aromatic carbocycles. The van der Waals surface area contributed by atoms with Gasteiger partial charge < -0.3 is 15.4 Å². The van der Waals surface area contributed by atoms with E-state index in [9.17, 15) is 4.79 Å². The monoisotopic (exact) mass is 416 g/mol. The van der Waals surface area contributed by atoms with E-state index in [1.165, 1.54) is 5.56 Å². The summed E-state index contributed by atoms with van der Waals surface area (Å²) in [4.78, 5) is 18.3. The Morgan fingerprint density at radius 1 is 1.20 bits per heavy atom. The Morgan fingerprint density at radius 2 is 1.97 bits per heavy atom. The first kappa shape index (κ1) is 24.2. The Hall–Kier alpha value is -2.08. The summed E-state index contributed by atoms with van der Waals surface area (Å²) in [5, 5.41) is 7.04. The highest BCUT2D eigenvalue weighted by Crippen LogP contribution is 2.19. The van der Waals surface area contributed by atoms with Crippen LogP contribution in [0.25, 0.3) is 0 Å². The van der Waals surface area contributed by atoms with Gasteiger partial charge in [0.1, 0.15) is 0 Å². The van der Waals surface area contributed by atoms with Gasteiger partial charge in [-0.1, -0.05) is 43.2 Å². The van der Waals surface area contributed by atoms with Crippen molar-refractivity contribution in [3.63, 3.8) is 0 Å². The molecule has 0 saturated carbocycles. The molecule has 2 N–H and O–H groups in total. The quantitative estimate of drug-likeness (QED) is 0.249. The summed E-state index contributed by atoms with van der Waals surface area (Å²) < 4.78 is 4.95. The molecule has 0 aliphatic carbocycles. The van der Waals surface area contributed by atoms with Gasteiger partial charge in [-0.05, 0) is 45.1 Å². The molecule has 0 bridgehead atoms. The number of esters is 1. The molecule has 168 valence electrons. The number of unbranched alkanes of at least 4 members (excludes halogenated alkanes) is 3. The molecule has 30 heavy (non-hydrogen) atoms. The third kappa shape index (κ3) is 9.16. The van der Waals surface area contributed by atoms with Gasteiger partial charge in [-0.25, -0.2) is 0 Å². The molecule has 2 unspecified atom stereocenters. The van der Waals surface area contributed by atoms with Crippen LogP contribution in [0.2, 0.25) is 0 Å². The zero-order valence-electron chi connectivity index (χ0n) is 19.0. The molecule has 6 nitrogen and oxygen atoms in total. The van der Waals surface area contributed by atoms with Crippen molar-refractivity contribution in [2.24, 2.45) is 4.99 Å². The lowest BCUT2D eigenvalue weighted by molar-refractivity contribution is -0.143. The second kappa shape index (κ2) is 14.0. The zero-order valence-corrected chi connectivity index (χ0v) is 19.0. The second-order valence-electron chi connectivity index (χ2n) is 8.14. The predicted molar refractivity (Wildman–Crippen MR) is 124 cm³/mol. The summed E-state index contributed by atoms with van der Waals surface area (Å²) in [6, 6.07) is 11.7. The van der Waals surface area contributed by atoms with E-state index in [1.54, 1.807) is 0 Å². The number of hydrogen-bond acceptors (Lipinski definition) is 4. The third-order valence-corrected chi connectivity index (χ3v) is 5.71. The fraction of sp³-hybridized carbons (Fsp3) is 0.667. The van der Waals surface area contributed by atoms with Crippen molar-refractivity contribution in [3.8, 4) is 0 Å². The number of nitrogens with zero attached hydrogens (tertiary/aromatic N) is 2. The van der Waals surface area contributed by atoms with Crippen LogP contribution in [0.15, 0.2) is 35.3 Å². The molecule has 1 fully saturated rings. The van der Waals surface area contributed by atoms with E-state index in [-0.39, 0.29) is 5.97 Å². The van der Waals surface area contributed by atoms with E-state index in [0.717, 1.165) is 64.1 Å². The van der Waals surface area contributed by atoms with Crippen LogP contribution in [0.4, 0.5) is 0 Å². The van der Waals surface area contributed by atoms with Gasteiger partial charge in [-0.2, -0.15) is 0 Å². The molecule has 1 aliphatic rings. The second-order valence-corrected chi connectivity index (χ2v) is 8.14. The van der Waals surface area contributed by atoms with Gasteiger partial charge in [0.25, 0.3) is 0 Å². The number of nitrogens with one attached hydrogen (secondary N) is 2. The van der Waals surface area contributed by atoms with Gasteiger partial charge in [0.15, 0.2) is 5.96 Å². The minimum absolute atomic E-state index is 0.0794. The summed E-state index contributed by atoms with van der Waals surface area (Å²) in [5.41, 5.74) is 1.38. The molecule has 0 radical (unpaired) electrons. The van der Waals surface area contributed by atoms with Crippen molar-refractivity contribution in [2.45, 2.75) is 77.4 Å². The Morgan fingerprint density at radius 3 is 2.67 bits per heavy atom. The van der Waals surface area contributed by atoms with Gasteiger partial charge in [0, 0.05) is 45.2 Å². The maximum atomic E-state index is 11.3. The fourth-order valence-corrected chi connectivity index (χ4v) is 3.98. The molecule has 1 aliphatic heterocycles. The average Bonchev–Trinajstić information content (AvgIpc) is 2.75. The first-order chi connectivity index (χ1) is 14.6. The molecular weight excluding hydrogens is 376 g/mol. The van der Waals surface area contributed by atoms with E-state index in [4.69, 9.17) is 4.74 Å². The van der Waals surface area contributed by atoms with E-state index in [2.05, 4.69) is 57.8 Å². The van der Waals surface area contributed by atoms with E-state index in [0.29, 0.717) is 25.1 Å². The van der Waals surface area contributed by atoms with Crippen molar-refractivity contribution < 1.29 is 9.53 Å². The number of ether oxygens (including phenoxy) is 1.